The maximum Gasteiger partial charge on any atom is 0.256 e. The van der Waals surface area contributed by atoms with E-state index in [2.05, 4.69) is 5.32 Å². The highest BCUT2D eigenvalue weighted by Gasteiger charge is 2.10. The summed E-state index contributed by atoms with van der Waals surface area (Å²) in [7, 11) is -3.33. The molecule has 1 N–H and O–H groups in total. The van der Waals surface area contributed by atoms with Gasteiger partial charge in [-0.15, -0.1) is 0 Å². The first-order valence-electron chi connectivity index (χ1n) is 5.66. The van der Waals surface area contributed by atoms with Gasteiger partial charge >= 0.3 is 0 Å². The Hall–Kier alpha value is -2.41. The van der Waals surface area contributed by atoms with E-state index in [0.29, 0.717) is 16.0 Å². The Labute approximate surface area is 116 Å². The monoisotopic (exact) mass is 292 g/mol. The third-order valence-corrected chi connectivity index (χ3v) is 3.69. The van der Waals surface area contributed by atoms with Crippen molar-refractivity contribution in [3.05, 3.63) is 59.6 Å². The van der Waals surface area contributed by atoms with Gasteiger partial charge in [0.25, 0.3) is 5.91 Å². The number of carbonyl (C=O) groups excluding carboxylic acids is 1. The molecule has 0 fully saturated rings. The van der Waals surface area contributed by atoms with Crippen LogP contribution in [0.25, 0.3) is 0 Å². The van der Waals surface area contributed by atoms with Crippen molar-refractivity contribution < 1.29 is 17.9 Å². The average Bonchev–Trinajstić information content (AvgIpc) is 2.38. The van der Waals surface area contributed by atoms with Gasteiger partial charge in [-0.25, -0.2) is 8.42 Å². The summed E-state index contributed by atoms with van der Waals surface area (Å²) < 4.78 is 23.4. The Kier molecular flexibility index (Phi) is 3.71. The Bertz CT molecular complexity index is 739. The van der Waals surface area contributed by atoms with Crippen LogP contribution in [0.3, 0.4) is 0 Å². The Morgan fingerprint density at radius 1 is 1.20 bits per heavy atom. The number of benzene rings is 1. The van der Waals surface area contributed by atoms with Gasteiger partial charge in [-0.3, -0.25) is 4.79 Å². The summed E-state index contributed by atoms with van der Waals surface area (Å²) in [4.78, 5) is 12.0. The zero-order chi connectivity index (χ0) is 14.8. The van der Waals surface area contributed by atoms with E-state index in [1.807, 2.05) is 0 Å². The molecule has 0 atom stereocenters. The highest BCUT2D eigenvalue weighted by Crippen LogP contribution is 2.16. The van der Waals surface area contributed by atoms with Gasteiger partial charge in [0.2, 0.25) is 0 Å². The molecule has 2 rings (SSSR count). The molecule has 0 aliphatic carbocycles. The minimum Gasteiger partial charge on any atom is -0.619 e. The summed E-state index contributed by atoms with van der Waals surface area (Å²) in [6.45, 7) is 0. The second-order valence-electron chi connectivity index (χ2n) is 4.20. The Morgan fingerprint density at radius 2 is 1.85 bits per heavy atom. The summed E-state index contributed by atoms with van der Waals surface area (Å²) >= 11 is 0. The van der Waals surface area contributed by atoms with Gasteiger partial charge in [0, 0.05) is 24.1 Å². The molecule has 1 aromatic carbocycles. The van der Waals surface area contributed by atoms with Gasteiger partial charge < -0.3 is 10.5 Å². The molecule has 104 valence electrons. The highest BCUT2D eigenvalue weighted by molar-refractivity contribution is 7.90. The van der Waals surface area contributed by atoms with E-state index < -0.39 is 15.7 Å². The molecule has 0 radical (unpaired) electrons. The highest BCUT2D eigenvalue weighted by atomic mass is 32.2. The van der Waals surface area contributed by atoms with Crippen LogP contribution in [0.15, 0.2) is 53.7 Å². The zero-order valence-corrected chi connectivity index (χ0v) is 11.4. The number of hydrogen-bond acceptors (Lipinski definition) is 4. The molecule has 20 heavy (non-hydrogen) atoms. The van der Waals surface area contributed by atoms with Crippen molar-refractivity contribution in [2.24, 2.45) is 0 Å². The van der Waals surface area contributed by atoms with E-state index in [-0.39, 0.29) is 4.90 Å². The van der Waals surface area contributed by atoms with Gasteiger partial charge in [0.05, 0.1) is 10.5 Å². The molecular formula is C13H12N2O4S. The molecule has 0 spiro atoms. The molecular weight excluding hydrogens is 280 g/mol. The van der Waals surface area contributed by atoms with Crippen LogP contribution < -0.4 is 10.0 Å². The van der Waals surface area contributed by atoms with Crippen molar-refractivity contribution in [2.45, 2.75) is 4.90 Å². The topological polar surface area (TPSA) is 90.2 Å². The normalized spacial score (nSPS) is 11.1. The number of hydrogen-bond donors (Lipinski definition) is 1. The second-order valence-corrected chi connectivity index (χ2v) is 6.22. The molecule has 0 saturated carbocycles. The fraction of sp³-hybridized carbons (Fsp3) is 0.0769. The van der Waals surface area contributed by atoms with Crippen molar-refractivity contribution >= 4 is 21.4 Å². The number of rotatable bonds is 3. The number of anilines is 1. The average molecular weight is 292 g/mol. The van der Waals surface area contributed by atoms with E-state index in [1.165, 1.54) is 36.7 Å². The fourth-order valence-corrected chi connectivity index (χ4v) is 2.24. The molecule has 7 heteroatoms. The van der Waals surface area contributed by atoms with Crippen LogP contribution in [0.2, 0.25) is 0 Å². The van der Waals surface area contributed by atoms with E-state index >= 15 is 0 Å². The van der Waals surface area contributed by atoms with Crippen LogP contribution in [-0.4, -0.2) is 20.6 Å². The maximum atomic E-state index is 11.9. The second kappa shape index (κ2) is 5.30. The van der Waals surface area contributed by atoms with Crippen LogP contribution in [0.1, 0.15) is 10.4 Å². The fourth-order valence-electron chi connectivity index (χ4n) is 1.57. The third kappa shape index (κ3) is 3.33. The van der Waals surface area contributed by atoms with Crippen LogP contribution in [0, 0.1) is 5.21 Å². The summed E-state index contributed by atoms with van der Waals surface area (Å²) in [6, 6.07) is 8.72. The molecule has 1 amide bonds. The summed E-state index contributed by atoms with van der Waals surface area (Å²) in [6.07, 6.45) is 3.52. The first kappa shape index (κ1) is 14.0. The van der Waals surface area contributed by atoms with E-state index in [1.54, 1.807) is 12.1 Å². The van der Waals surface area contributed by atoms with Crippen molar-refractivity contribution in [1.29, 1.82) is 0 Å². The standard InChI is InChI=1S/C13H12N2O4S/c1-20(18,19)12-4-2-3-11(9-12)14-13(16)10-5-7-15(17)8-6-10/h2-9H,1H3,(H,14,16). The van der Waals surface area contributed by atoms with Crippen molar-refractivity contribution in [1.82, 2.24) is 0 Å². The predicted molar refractivity (Wildman–Crippen MR) is 72.9 cm³/mol. The van der Waals surface area contributed by atoms with Gasteiger partial charge in [-0.2, -0.15) is 4.73 Å². The lowest BCUT2D eigenvalue weighted by Crippen LogP contribution is -2.25. The van der Waals surface area contributed by atoms with Gasteiger partial charge in [0.1, 0.15) is 0 Å². The molecule has 0 aliphatic rings. The van der Waals surface area contributed by atoms with E-state index in [0.717, 1.165) is 6.26 Å². The lowest BCUT2D eigenvalue weighted by atomic mass is 10.2. The Balaban J connectivity index is 2.22. The molecule has 2 aromatic rings. The van der Waals surface area contributed by atoms with Gasteiger partial charge in [-0.1, -0.05) is 6.07 Å². The lowest BCUT2D eigenvalue weighted by Gasteiger charge is -2.06. The molecule has 6 nitrogen and oxygen atoms in total. The quantitative estimate of drug-likeness (QED) is 0.674. The van der Waals surface area contributed by atoms with Gasteiger partial charge in [0.15, 0.2) is 22.2 Å². The van der Waals surface area contributed by atoms with Crippen molar-refractivity contribution in [3.8, 4) is 0 Å². The van der Waals surface area contributed by atoms with Gasteiger partial charge in [-0.05, 0) is 18.2 Å². The van der Waals surface area contributed by atoms with Crippen LogP contribution in [-0.2, 0) is 9.84 Å². The summed E-state index contributed by atoms with van der Waals surface area (Å²) in [5.74, 6) is -0.420. The zero-order valence-electron chi connectivity index (χ0n) is 10.6. The van der Waals surface area contributed by atoms with Crippen molar-refractivity contribution in [3.63, 3.8) is 0 Å². The lowest BCUT2D eigenvalue weighted by molar-refractivity contribution is -0.605. The third-order valence-electron chi connectivity index (χ3n) is 2.58. The van der Waals surface area contributed by atoms with Crippen LogP contribution in [0.5, 0.6) is 0 Å². The number of carbonyl (C=O) groups is 1. The molecule has 0 bridgehead atoms. The largest absolute Gasteiger partial charge is 0.619 e. The molecule has 1 aromatic heterocycles. The smallest absolute Gasteiger partial charge is 0.256 e. The molecule has 0 aliphatic heterocycles. The van der Waals surface area contributed by atoms with E-state index in [9.17, 15) is 18.4 Å². The number of sulfone groups is 1. The number of aromatic nitrogens is 1. The number of amides is 1. The Morgan fingerprint density at radius 3 is 2.45 bits per heavy atom. The molecule has 0 unspecified atom stereocenters. The molecule has 1 heterocycles. The van der Waals surface area contributed by atoms with E-state index in [4.69, 9.17) is 0 Å². The predicted octanol–water partition coefficient (Wildman–Crippen LogP) is 0.976. The SMILES string of the molecule is CS(=O)(=O)c1cccc(NC(=O)c2cc[n+]([O-])cc2)c1. The number of pyridine rings is 1. The summed E-state index contributed by atoms with van der Waals surface area (Å²) in [5, 5.41) is 13.5. The minimum absolute atomic E-state index is 0.126. The van der Waals surface area contributed by atoms with Crippen molar-refractivity contribution in [2.75, 3.05) is 11.6 Å². The maximum absolute atomic E-state index is 11.9. The summed E-state index contributed by atoms with van der Waals surface area (Å²) in [5.41, 5.74) is 0.679. The van der Waals surface area contributed by atoms with Crippen LogP contribution >= 0.6 is 0 Å². The number of nitrogens with zero attached hydrogens (tertiary/aromatic N) is 1. The number of nitrogens with one attached hydrogen (secondary N) is 1. The minimum atomic E-state index is -3.33. The molecule has 0 saturated heterocycles. The first-order valence-corrected chi connectivity index (χ1v) is 7.56. The van der Waals surface area contributed by atoms with Crippen LogP contribution in [0.4, 0.5) is 5.69 Å². The first-order chi connectivity index (χ1) is 9.36.